The molecule has 0 aliphatic carbocycles. The molecule has 1 aromatic carbocycles. The van der Waals surface area contributed by atoms with Crippen LogP contribution in [0.5, 0.6) is 0 Å². The first kappa shape index (κ1) is 14.2. The maximum absolute atomic E-state index is 13.5. The van der Waals surface area contributed by atoms with E-state index in [1.54, 1.807) is 0 Å². The van der Waals surface area contributed by atoms with Gasteiger partial charge in [0.25, 0.3) is 5.91 Å². The fourth-order valence-electron chi connectivity index (χ4n) is 1.52. The minimum absolute atomic E-state index is 0.00171. The van der Waals surface area contributed by atoms with Gasteiger partial charge >= 0.3 is 0 Å². The fraction of sp³-hybridized carbons (Fsp3) is 0.154. The van der Waals surface area contributed by atoms with Crippen LogP contribution in [0, 0.1) is 5.82 Å². The van der Waals surface area contributed by atoms with Crippen molar-refractivity contribution in [3.8, 4) is 0 Å². The first-order valence-corrected chi connectivity index (χ1v) is 6.30. The van der Waals surface area contributed by atoms with Gasteiger partial charge < -0.3 is 10.6 Å². The SMILES string of the molecule is CCNc1cncc(C(=O)Nc2cc(Cl)ccc2F)n1. The molecule has 0 saturated carbocycles. The molecule has 0 radical (unpaired) electrons. The average Bonchev–Trinajstić information content (AvgIpc) is 2.43. The molecule has 7 heteroatoms. The summed E-state index contributed by atoms with van der Waals surface area (Å²) in [4.78, 5) is 20.0. The third-order valence-electron chi connectivity index (χ3n) is 2.40. The van der Waals surface area contributed by atoms with Crippen LogP contribution >= 0.6 is 11.6 Å². The number of carbonyl (C=O) groups excluding carboxylic acids is 1. The first-order chi connectivity index (χ1) is 9.60. The van der Waals surface area contributed by atoms with E-state index in [2.05, 4.69) is 20.6 Å². The molecule has 1 amide bonds. The van der Waals surface area contributed by atoms with Crippen LogP contribution in [0.15, 0.2) is 30.6 Å². The Kier molecular flexibility index (Phi) is 4.47. The second kappa shape index (κ2) is 6.29. The summed E-state index contributed by atoms with van der Waals surface area (Å²) in [7, 11) is 0. The number of hydrogen-bond donors (Lipinski definition) is 2. The van der Waals surface area contributed by atoms with Crippen molar-refractivity contribution in [2.24, 2.45) is 0 Å². The van der Waals surface area contributed by atoms with Gasteiger partial charge in [0.2, 0.25) is 0 Å². The average molecular weight is 295 g/mol. The molecule has 0 fully saturated rings. The van der Waals surface area contributed by atoms with Crippen LogP contribution in [0.1, 0.15) is 17.4 Å². The third-order valence-corrected chi connectivity index (χ3v) is 2.64. The predicted molar refractivity (Wildman–Crippen MR) is 75.6 cm³/mol. The van der Waals surface area contributed by atoms with Crippen molar-refractivity contribution >= 4 is 29.0 Å². The summed E-state index contributed by atoms with van der Waals surface area (Å²) in [6, 6.07) is 3.91. The van der Waals surface area contributed by atoms with Crippen molar-refractivity contribution in [3.05, 3.63) is 47.1 Å². The van der Waals surface area contributed by atoms with Crippen LogP contribution < -0.4 is 10.6 Å². The van der Waals surface area contributed by atoms with Crippen LogP contribution in [0.2, 0.25) is 5.02 Å². The number of carbonyl (C=O) groups is 1. The highest BCUT2D eigenvalue weighted by Crippen LogP contribution is 2.20. The number of rotatable bonds is 4. The van der Waals surface area contributed by atoms with Gasteiger partial charge in [0.05, 0.1) is 18.1 Å². The monoisotopic (exact) mass is 294 g/mol. The Labute approximate surface area is 120 Å². The number of hydrogen-bond acceptors (Lipinski definition) is 4. The van der Waals surface area contributed by atoms with Gasteiger partial charge in [-0.1, -0.05) is 11.6 Å². The Morgan fingerprint density at radius 1 is 1.40 bits per heavy atom. The number of aromatic nitrogens is 2. The van der Waals surface area contributed by atoms with E-state index in [0.29, 0.717) is 17.4 Å². The largest absolute Gasteiger partial charge is 0.369 e. The molecule has 0 aliphatic rings. The molecule has 1 heterocycles. The molecular formula is C13H12ClFN4O. The highest BCUT2D eigenvalue weighted by atomic mass is 35.5. The lowest BCUT2D eigenvalue weighted by molar-refractivity contribution is 0.102. The minimum Gasteiger partial charge on any atom is -0.369 e. The number of nitrogens with zero attached hydrogens (tertiary/aromatic N) is 2. The van der Waals surface area contributed by atoms with E-state index in [9.17, 15) is 9.18 Å². The Hall–Kier alpha value is -2.21. The number of amides is 1. The molecule has 0 atom stereocenters. The minimum atomic E-state index is -0.571. The van der Waals surface area contributed by atoms with Crippen LogP contribution in [-0.2, 0) is 0 Å². The zero-order chi connectivity index (χ0) is 14.5. The molecule has 20 heavy (non-hydrogen) atoms. The summed E-state index contributed by atoms with van der Waals surface area (Å²) in [6.45, 7) is 2.55. The molecule has 1 aromatic heterocycles. The van der Waals surface area contributed by atoms with Crippen molar-refractivity contribution in [2.75, 3.05) is 17.2 Å². The van der Waals surface area contributed by atoms with Crippen LogP contribution in [0.3, 0.4) is 0 Å². The summed E-state index contributed by atoms with van der Waals surface area (Å²) in [5.74, 6) is -0.649. The van der Waals surface area contributed by atoms with E-state index in [-0.39, 0.29) is 11.4 Å². The molecule has 0 saturated heterocycles. The normalized spacial score (nSPS) is 10.2. The van der Waals surface area contributed by atoms with Crippen molar-refractivity contribution in [1.29, 1.82) is 0 Å². The van der Waals surface area contributed by atoms with Gasteiger partial charge in [0, 0.05) is 11.6 Å². The fourth-order valence-corrected chi connectivity index (χ4v) is 1.69. The summed E-state index contributed by atoms with van der Waals surface area (Å²) >= 11 is 5.76. The summed E-state index contributed by atoms with van der Waals surface area (Å²) < 4.78 is 13.5. The van der Waals surface area contributed by atoms with Gasteiger partial charge in [-0.15, -0.1) is 0 Å². The first-order valence-electron chi connectivity index (χ1n) is 5.92. The van der Waals surface area contributed by atoms with Gasteiger partial charge in [-0.3, -0.25) is 9.78 Å². The van der Waals surface area contributed by atoms with E-state index < -0.39 is 11.7 Å². The number of anilines is 2. The molecule has 2 N–H and O–H groups in total. The Balaban J connectivity index is 2.19. The molecule has 5 nitrogen and oxygen atoms in total. The highest BCUT2D eigenvalue weighted by Gasteiger charge is 2.12. The van der Waals surface area contributed by atoms with Gasteiger partial charge in [0.15, 0.2) is 0 Å². The van der Waals surface area contributed by atoms with Crippen molar-refractivity contribution in [3.63, 3.8) is 0 Å². The topological polar surface area (TPSA) is 66.9 Å². The van der Waals surface area contributed by atoms with Crippen LogP contribution in [-0.4, -0.2) is 22.4 Å². The van der Waals surface area contributed by atoms with E-state index in [0.717, 1.165) is 0 Å². The zero-order valence-electron chi connectivity index (χ0n) is 10.7. The zero-order valence-corrected chi connectivity index (χ0v) is 11.4. The standard InChI is InChI=1S/C13H12ClFN4O/c1-2-17-12-7-16-6-11(18-12)13(20)19-10-5-8(14)3-4-9(10)15/h3-7H,2H2,1H3,(H,17,18)(H,19,20). The van der Waals surface area contributed by atoms with E-state index in [4.69, 9.17) is 11.6 Å². The molecule has 2 rings (SSSR count). The van der Waals surface area contributed by atoms with Gasteiger partial charge in [-0.25, -0.2) is 9.37 Å². The van der Waals surface area contributed by atoms with Crippen molar-refractivity contribution in [2.45, 2.75) is 6.92 Å². The maximum Gasteiger partial charge on any atom is 0.276 e. The quantitative estimate of drug-likeness (QED) is 0.910. The van der Waals surface area contributed by atoms with Crippen LogP contribution in [0.4, 0.5) is 15.9 Å². The van der Waals surface area contributed by atoms with E-state index in [1.807, 2.05) is 6.92 Å². The second-order valence-electron chi connectivity index (χ2n) is 3.90. The number of benzene rings is 1. The van der Waals surface area contributed by atoms with Gasteiger partial charge in [-0.05, 0) is 25.1 Å². The molecule has 104 valence electrons. The highest BCUT2D eigenvalue weighted by molar-refractivity contribution is 6.31. The Morgan fingerprint density at radius 3 is 2.95 bits per heavy atom. The summed E-state index contributed by atoms with van der Waals surface area (Å²) in [5, 5.41) is 5.67. The molecular weight excluding hydrogens is 283 g/mol. The molecule has 0 spiro atoms. The van der Waals surface area contributed by atoms with Gasteiger partial charge in [-0.2, -0.15) is 0 Å². The van der Waals surface area contributed by atoms with Crippen LogP contribution in [0.25, 0.3) is 0 Å². The predicted octanol–water partition coefficient (Wildman–Crippen LogP) is 2.95. The lowest BCUT2D eigenvalue weighted by Gasteiger charge is -2.07. The van der Waals surface area contributed by atoms with Crippen molar-refractivity contribution in [1.82, 2.24) is 9.97 Å². The second-order valence-corrected chi connectivity index (χ2v) is 4.33. The Bertz CT molecular complexity index is 636. The molecule has 0 bridgehead atoms. The molecule has 2 aromatic rings. The molecule has 0 unspecified atom stereocenters. The summed E-state index contributed by atoms with van der Waals surface area (Å²) in [5.41, 5.74) is 0.0842. The number of nitrogens with one attached hydrogen (secondary N) is 2. The Morgan fingerprint density at radius 2 is 2.20 bits per heavy atom. The number of halogens is 2. The summed E-state index contributed by atoms with van der Waals surface area (Å²) in [6.07, 6.45) is 2.80. The lowest BCUT2D eigenvalue weighted by atomic mass is 10.3. The smallest absolute Gasteiger partial charge is 0.276 e. The van der Waals surface area contributed by atoms with Crippen molar-refractivity contribution < 1.29 is 9.18 Å². The maximum atomic E-state index is 13.5. The molecule has 0 aliphatic heterocycles. The lowest BCUT2D eigenvalue weighted by Crippen LogP contribution is -2.16. The van der Waals surface area contributed by atoms with Gasteiger partial charge in [0.1, 0.15) is 17.3 Å². The van der Waals surface area contributed by atoms with E-state index in [1.165, 1.54) is 30.6 Å². The van der Waals surface area contributed by atoms with E-state index >= 15 is 0 Å². The third kappa shape index (κ3) is 3.42.